The van der Waals surface area contributed by atoms with Gasteiger partial charge in [-0.1, -0.05) is 0 Å². The Morgan fingerprint density at radius 1 is 1.19 bits per heavy atom. The van der Waals surface area contributed by atoms with E-state index in [0.717, 1.165) is 17.0 Å². The summed E-state index contributed by atoms with van der Waals surface area (Å²) in [5, 5.41) is 13.4. The predicted octanol–water partition coefficient (Wildman–Crippen LogP) is 4.19. The molecular weight excluding hydrogens is 409 g/mol. The molecule has 6 nitrogen and oxygen atoms in total. The van der Waals surface area contributed by atoms with E-state index in [9.17, 15) is 23.1 Å². The fourth-order valence-electron chi connectivity index (χ4n) is 3.56. The first kappa shape index (κ1) is 20.9. The molecule has 4 rings (SSSR count). The van der Waals surface area contributed by atoms with Crippen molar-refractivity contribution in [1.82, 2.24) is 9.97 Å². The molecule has 162 valence electrons. The Kier molecular flexibility index (Phi) is 5.69. The Labute approximate surface area is 176 Å². The van der Waals surface area contributed by atoms with Crippen molar-refractivity contribution in [3.63, 3.8) is 0 Å². The summed E-state index contributed by atoms with van der Waals surface area (Å²) in [5.41, 5.74) is 0.967. The molecule has 1 aliphatic rings. The molecule has 31 heavy (non-hydrogen) atoms. The van der Waals surface area contributed by atoms with Crippen LogP contribution in [0.4, 0.5) is 24.7 Å². The number of alkyl halides is 3. The lowest BCUT2D eigenvalue weighted by molar-refractivity contribution is -0.141. The third-order valence-electron chi connectivity index (χ3n) is 5.19. The van der Waals surface area contributed by atoms with Crippen molar-refractivity contribution < 1.29 is 23.1 Å². The van der Waals surface area contributed by atoms with Crippen LogP contribution in [0.25, 0.3) is 17.0 Å². The summed E-state index contributed by atoms with van der Waals surface area (Å²) in [6, 6.07) is 9.52. The average Bonchev–Trinajstić information content (AvgIpc) is 3.20. The molecule has 1 fully saturated rings. The monoisotopic (exact) mass is 430 g/mol. The minimum Gasteiger partial charge on any atom is -0.393 e. The number of H-pyrrole nitrogens is 1. The normalized spacial score (nSPS) is 15.7. The molecule has 1 aromatic carbocycles. The standard InChI is InChI=1S/C22H21F3N4O2/c23-22(24,25)19-5-1-14(21(28-19)29-11-8-17(30)9-12-29)2-6-20(31)27-16-3-4-18-15(13-16)7-10-26-18/h1-7,10,13,17,26,30H,8-9,11-12H2,(H,27,31). The molecule has 3 aromatic rings. The van der Waals surface area contributed by atoms with E-state index in [0.29, 0.717) is 37.2 Å². The van der Waals surface area contributed by atoms with Crippen molar-refractivity contribution in [3.8, 4) is 0 Å². The van der Waals surface area contributed by atoms with Gasteiger partial charge in [-0.3, -0.25) is 4.79 Å². The van der Waals surface area contributed by atoms with Gasteiger partial charge in [0.15, 0.2) is 0 Å². The van der Waals surface area contributed by atoms with Crippen LogP contribution in [0, 0.1) is 0 Å². The van der Waals surface area contributed by atoms with E-state index in [4.69, 9.17) is 0 Å². The number of hydrogen-bond donors (Lipinski definition) is 3. The zero-order chi connectivity index (χ0) is 22.0. The van der Waals surface area contributed by atoms with Crippen LogP contribution in [0.1, 0.15) is 24.1 Å². The van der Waals surface area contributed by atoms with E-state index in [1.807, 2.05) is 18.2 Å². The lowest BCUT2D eigenvalue weighted by Gasteiger charge is -2.31. The number of benzene rings is 1. The number of anilines is 2. The van der Waals surface area contributed by atoms with Gasteiger partial charge >= 0.3 is 6.18 Å². The number of nitrogens with one attached hydrogen (secondary N) is 2. The first-order valence-corrected chi connectivity index (χ1v) is 9.87. The smallest absolute Gasteiger partial charge is 0.393 e. The van der Waals surface area contributed by atoms with Gasteiger partial charge in [0.25, 0.3) is 0 Å². The highest BCUT2D eigenvalue weighted by atomic mass is 19.4. The zero-order valence-electron chi connectivity index (χ0n) is 16.5. The van der Waals surface area contributed by atoms with Crippen LogP contribution < -0.4 is 10.2 Å². The molecule has 2 aromatic heterocycles. The Morgan fingerprint density at radius 2 is 1.97 bits per heavy atom. The first-order valence-electron chi connectivity index (χ1n) is 9.87. The molecule has 1 amide bonds. The second-order valence-corrected chi connectivity index (χ2v) is 7.43. The van der Waals surface area contributed by atoms with Crippen LogP contribution in [0.5, 0.6) is 0 Å². The molecule has 0 spiro atoms. The second kappa shape index (κ2) is 8.43. The highest BCUT2D eigenvalue weighted by Crippen LogP contribution is 2.32. The van der Waals surface area contributed by atoms with Crippen LogP contribution in [-0.4, -0.2) is 40.2 Å². The minimum atomic E-state index is -4.57. The van der Waals surface area contributed by atoms with Gasteiger partial charge in [0.05, 0.1) is 6.10 Å². The molecular formula is C22H21F3N4O2. The maximum Gasteiger partial charge on any atom is 0.433 e. The maximum atomic E-state index is 13.2. The molecule has 0 saturated carbocycles. The van der Waals surface area contributed by atoms with Gasteiger partial charge in [-0.05, 0) is 55.3 Å². The number of aromatic nitrogens is 2. The van der Waals surface area contributed by atoms with Crippen molar-refractivity contribution in [3.05, 3.63) is 59.9 Å². The number of rotatable bonds is 4. The van der Waals surface area contributed by atoms with Gasteiger partial charge in [0.1, 0.15) is 11.5 Å². The van der Waals surface area contributed by atoms with E-state index in [1.165, 1.54) is 18.2 Å². The average molecular weight is 430 g/mol. The van der Waals surface area contributed by atoms with E-state index >= 15 is 0 Å². The van der Waals surface area contributed by atoms with Crippen LogP contribution >= 0.6 is 0 Å². The summed E-state index contributed by atoms with van der Waals surface area (Å²) < 4.78 is 39.5. The van der Waals surface area contributed by atoms with E-state index in [1.54, 1.807) is 17.2 Å². The van der Waals surface area contributed by atoms with E-state index in [-0.39, 0.29) is 5.82 Å². The first-order chi connectivity index (χ1) is 14.8. The molecule has 3 N–H and O–H groups in total. The Hall–Kier alpha value is -3.33. The number of aliphatic hydroxyl groups is 1. The van der Waals surface area contributed by atoms with Crippen molar-refractivity contribution in [2.75, 3.05) is 23.3 Å². The van der Waals surface area contributed by atoms with E-state index in [2.05, 4.69) is 15.3 Å². The fraction of sp³-hybridized carbons (Fsp3) is 0.273. The molecule has 0 bridgehead atoms. The molecule has 1 saturated heterocycles. The quantitative estimate of drug-likeness (QED) is 0.542. The number of halogens is 3. The van der Waals surface area contributed by atoms with Crippen molar-refractivity contribution in [2.24, 2.45) is 0 Å². The van der Waals surface area contributed by atoms with Gasteiger partial charge in [-0.15, -0.1) is 0 Å². The number of carbonyl (C=O) groups is 1. The number of hydrogen-bond acceptors (Lipinski definition) is 4. The lowest BCUT2D eigenvalue weighted by Crippen LogP contribution is -2.37. The molecule has 3 heterocycles. The van der Waals surface area contributed by atoms with Crippen molar-refractivity contribution >= 4 is 34.4 Å². The summed E-state index contributed by atoms with van der Waals surface area (Å²) in [4.78, 5) is 21.0. The second-order valence-electron chi connectivity index (χ2n) is 7.43. The molecule has 0 radical (unpaired) electrons. The van der Waals surface area contributed by atoms with Gasteiger partial charge in [-0.2, -0.15) is 13.2 Å². The van der Waals surface area contributed by atoms with Gasteiger partial charge < -0.3 is 20.3 Å². The minimum absolute atomic E-state index is 0.152. The summed E-state index contributed by atoms with van der Waals surface area (Å²) in [5.74, 6) is -0.255. The largest absolute Gasteiger partial charge is 0.433 e. The summed E-state index contributed by atoms with van der Waals surface area (Å²) in [6.45, 7) is 0.776. The fourth-order valence-corrected chi connectivity index (χ4v) is 3.56. The summed E-state index contributed by atoms with van der Waals surface area (Å²) in [6.07, 6.45) is 0.386. The van der Waals surface area contributed by atoms with Crippen molar-refractivity contribution in [1.29, 1.82) is 0 Å². The third kappa shape index (κ3) is 4.88. The highest BCUT2D eigenvalue weighted by Gasteiger charge is 2.33. The molecule has 9 heteroatoms. The lowest BCUT2D eigenvalue weighted by atomic mass is 10.1. The van der Waals surface area contributed by atoms with Crippen LogP contribution in [0.15, 0.2) is 48.7 Å². The molecule has 0 aliphatic carbocycles. The zero-order valence-corrected chi connectivity index (χ0v) is 16.5. The topological polar surface area (TPSA) is 81.2 Å². The van der Waals surface area contributed by atoms with Gasteiger partial charge in [-0.25, -0.2) is 4.98 Å². The number of piperidine rings is 1. The van der Waals surface area contributed by atoms with Gasteiger partial charge in [0, 0.05) is 47.5 Å². The summed E-state index contributed by atoms with van der Waals surface area (Å²) >= 11 is 0. The van der Waals surface area contributed by atoms with Crippen LogP contribution in [0.2, 0.25) is 0 Å². The number of aliphatic hydroxyl groups excluding tert-OH is 1. The predicted molar refractivity (Wildman–Crippen MR) is 113 cm³/mol. The number of carbonyl (C=O) groups excluding carboxylic acids is 1. The summed E-state index contributed by atoms with van der Waals surface area (Å²) in [7, 11) is 0. The Balaban J connectivity index is 1.55. The SMILES string of the molecule is O=C(C=Cc1ccc(C(F)(F)F)nc1N1CCC(O)CC1)Nc1ccc2[nH]ccc2c1. The Bertz CT molecular complexity index is 1120. The number of aromatic amines is 1. The number of nitrogens with zero attached hydrogens (tertiary/aromatic N) is 2. The van der Waals surface area contributed by atoms with Crippen LogP contribution in [-0.2, 0) is 11.0 Å². The van der Waals surface area contributed by atoms with Gasteiger partial charge in [0.2, 0.25) is 5.91 Å². The Morgan fingerprint density at radius 3 is 2.71 bits per heavy atom. The van der Waals surface area contributed by atoms with Crippen molar-refractivity contribution in [2.45, 2.75) is 25.1 Å². The number of amides is 1. The maximum absolute atomic E-state index is 13.2. The molecule has 0 atom stereocenters. The molecule has 1 aliphatic heterocycles. The van der Waals surface area contributed by atoms with E-state index < -0.39 is 23.9 Å². The highest BCUT2D eigenvalue weighted by molar-refractivity contribution is 6.03. The number of pyridine rings is 1. The van der Waals surface area contributed by atoms with Crippen LogP contribution in [0.3, 0.4) is 0 Å². The molecule has 0 unspecified atom stereocenters. The third-order valence-corrected chi connectivity index (χ3v) is 5.19. The number of fused-ring (bicyclic) bond motifs is 1.